The molecule has 0 unspecified atom stereocenters. The molecule has 1 aromatic rings. The number of nitrogens with one attached hydrogen (secondary N) is 1. The van der Waals surface area contributed by atoms with Crippen molar-refractivity contribution >= 4 is 15.9 Å². The first kappa shape index (κ1) is 20.5. The monoisotopic (exact) mass is 386 g/mol. The first-order valence-corrected chi connectivity index (χ1v) is 10.3. The van der Waals surface area contributed by atoms with E-state index in [1.54, 1.807) is 32.4 Å². The van der Waals surface area contributed by atoms with Crippen molar-refractivity contribution < 1.29 is 27.4 Å². The normalized spacial score (nSPS) is 16.3. The zero-order chi connectivity index (χ0) is 19.2. The topological polar surface area (TPSA) is 94.2 Å². The number of amides is 1. The first-order chi connectivity index (χ1) is 12.3. The van der Waals surface area contributed by atoms with Crippen molar-refractivity contribution in [1.29, 1.82) is 0 Å². The number of sulfonamides is 1. The molecule has 1 fully saturated rings. The van der Waals surface area contributed by atoms with Gasteiger partial charge in [0, 0.05) is 32.8 Å². The quantitative estimate of drug-likeness (QED) is 0.667. The van der Waals surface area contributed by atoms with Crippen LogP contribution >= 0.6 is 0 Å². The van der Waals surface area contributed by atoms with Crippen LogP contribution in [0.25, 0.3) is 0 Å². The number of hydrogen-bond acceptors (Lipinski definition) is 6. The third-order valence-electron chi connectivity index (χ3n) is 4.19. The molecule has 0 saturated carbocycles. The highest BCUT2D eigenvalue weighted by molar-refractivity contribution is 7.88. The maximum absolute atomic E-state index is 12.4. The van der Waals surface area contributed by atoms with E-state index in [0.29, 0.717) is 56.1 Å². The Morgan fingerprint density at radius 3 is 2.54 bits per heavy atom. The summed E-state index contributed by atoms with van der Waals surface area (Å²) in [5.74, 6) is 0.757. The molecule has 8 nitrogen and oxygen atoms in total. The molecule has 1 aliphatic rings. The van der Waals surface area contributed by atoms with Crippen LogP contribution in [0.2, 0.25) is 0 Å². The van der Waals surface area contributed by atoms with Gasteiger partial charge in [0.2, 0.25) is 10.0 Å². The van der Waals surface area contributed by atoms with Gasteiger partial charge in [-0.05, 0) is 25.0 Å². The Morgan fingerprint density at radius 2 is 1.96 bits per heavy atom. The fourth-order valence-corrected chi connectivity index (χ4v) is 3.61. The van der Waals surface area contributed by atoms with Gasteiger partial charge < -0.3 is 19.5 Å². The van der Waals surface area contributed by atoms with Crippen molar-refractivity contribution in [3.05, 3.63) is 23.8 Å². The van der Waals surface area contributed by atoms with E-state index in [0.717, 1.165) is 0 Å². The summed E-state index contributed by atoms with van der Waals surface area (Å²) in [7, 11) is -0.0754. The minimum atomic E-state index is -3.19. The van der Waals surface area contributed by atoms with Crippen molar-refractivity contribution in [2.24, 2.45) is 0 Å². The summed E-state index contributed by atoms with van der Waals surface area (Å²) in [6.07, 6.45) is 2.17. The molecule has 26 heavy (non-hydrogen) atoms. The molecule has 146 valence electrons. The standard InChI is InChI=1S/C17H26N2O6S/c1-23-11-8-18-17(20)15-5-4-14(24-2)12-16(15)25-13-6-9-19(10-7-13)26(3,21)22/h4-5,12-13H,6-11H2,1-3H3,(H,18,20). The predicted octanol–water partition coefficient (Wildman–Crippen LogP) is 0.874. The van der Waals surface area contributed by atoms with Gasteiger partial charge >= 0.3 is 0 Å². The van der Waals surface area contributed by atoms with Crippen molar-refractivity contribution in [1.82, 2.24) is 9.62 Å². The van der Waals surface area contributed by atoms with Crippen LogP contribution in [-0.2, 0) is 14.8 Å². The molecule has 1 N–H and O–H groups in total. The highest BCUT2D eigenvalue weighted by atomic mass is 32.2. The second kappa shape index (κ2) is 9.20. The summed E-state index contributed by atoms with van der Waals surface area (Å²) in [6.45, 7) is 1.63. The van der Waals surface area contributed by atoms with Gasteiger partial charge in [0.25, 0.3) is 5.91 Å². The van der Waals surface area contributed by atoms with Crippen LogP contribution in [0.3, 0.4) is 0 Å². The van der Waals surface area contributed by atoms with Crippen LogP contribution in [0.4, 0.5) is 0 Å². The number of hydrogen-bond donors (Lipinski definition) is 1. The zero-order valence-corrected chi connectivity index (χ0v) is 16.2. The van der Waals surface area contributed by atoms with Gasteiger partial charge in [0.05, 0.1) is 25.5 Å². The number of piperidine rings is 1. The van der Waals surface area contributed by atoms with E-state index in [4.69, 9.17) is 14.2 Å². The number of carbonyl (C=O) groups is 1. The number of methoxy groups -OCH3 is 2. The first-order valence-electron chi connectivity index (χ1n) is 8.42. The third kappa shape index (κ3) is 5.58. The number of rotatable bonds is 8. The molecule has 1 aliphatic heterocycles. The number of benzene rings is 1. The molecule has 0 bridgehead atoms. The number of nitrogens with zero attached hydrogens (tertiary/aromatic N) is 1. The highest BCUT2D eigenvalue weighted by Crippen LogP contribution is 2.28. The zero-order valence-electron chi connectivity index (χ0n) is 15.4. The molecule has 1 amide bonds. The Morgan fingerprint density at radius 1 is 1.27 bits per heavy atom. The summed E-state index contributed by atoms with van der Waals surface area (Å²) >= 11 is 0. The predicted molar refractivity (Wildman–Crippen MR) is 97.3 cm³/mol. The van der Waals surface area contributed by atoms with Gasteiger partial charge in [-0.2, -0.15) is 0 Å². The van der Waals surface area contributed by atoms with Gasteiger partial charge in [-0.15, -0.1) is 0 Å². The smallest absolute Gasteiger partial charge is 0.255 e. The van der Waals surface area contributed by atoms with Crippen LogP contribution in [0.15, 0.2) is 18.2 Å². The molecule has 0 aromatic heterocycles. The molecule has 0 spiro atoms. The van der Waals surface area contributed by atoms with E-state index < -0.39 is 10.0 Å². The van der Waals surface area contributed by atoms with E-state index in [1.165, 1.54) is 10.6 Å². The average Bonchev–Trinajstić information content (AvgIpc) is 2.61. The summed E-state index contributed by atoms with van der Waals surface area (Å²) in [4.78, 5) is 12.4. The van der Waals surface area contributed by atoms with Gasteiger partial charge in [0.15, 0.2) is 0 Å². The second-order valence-electron chi connectivity index (χ2n) is 6.09. The lowest BCUT2D eigenvalue weighted by Crippen LogP contribution is -2.41. The van der Waals surface area contributed by atoms with Crippen molar-refractivity contribution in [3.8, 4) is 11.5 Å². The Bertz CT molecular complexity index is 714. The molecule has 0 aliphatic carbocycles. The van der Waals surface area contributed by atoms with Crippen molar-refractivity contribution in [3.63, 3.8) is 0 Å². The van der Waals surface area contributed by atoms with E-state index in [1.807, 2.05) is 0 Å². The van der Waals surface area contributed by atoms with Gasteiger partial charge in [-0.3, -0.25) is 4.79 Å². The summed E-state index contributed by atoms with van der Waals surface area (Å²) < 4.78 is 40.8. The fourth-order valence-electron chi connectivity index (χ4n) is 2.74. The summed E-state index contributed by atoms with van der Waals surface area (Å²) in [5, 5.41) is 2.77. The Labute approximate surface area is 154 Å². The minimum Gasteiger partial charge on any atom is -0.497 e. The third-order valence-corrected chi connectivity index (χ3v) is 5.49. The fraction of sp³-hybridized carbons (Fsp3) is 0.588. The van der Waals surface area contributed by atoms with Gasteiger partial charge in [-0.1, -0.05) is 0 Å². The van der Waals surface area contributed by atoms with E-state index in [9.17, 15) is 13.2 Å². The molecule has 1 saturated heterocycles. The summed E-state index contributed by atoms with van der Waals surface area (Å²) in [5.41, 5.74) is 0.410. The highest BCUT2D eigenvalue weighted by Gasteiger charge is 2.27. The summed E-state index contributed by atoms with van der Waals surface area (Å²) in [6, 6.07) is 5.03. The molecule has 0 radical (unpaired) electrons. The lowest BCUT2D eigenvalue weighted by atomic mass is 10.1. The van der Waals surface area contributed by atoms with Gasteiger partial charge in [-0.25, -0.2) is 12.7 Å². The average molecular weight is 386 g/mol. The molecule has 0 atom stereocenters. The van der Waals surface area contributed by atoms with Crippen LogP contribution in [0.1, 0.15) is 23.2 Å². The van der Waals surface area contributed by atoms with E-state index in [2.05, 4.69) is 5.32 Å². The molecular formula is C17H26N2O6S. The van der Waals surface area contributed by atoms with Crippen molar-refractivity contribution in [2.75, 3.05) is 46.7 Å². The maximum atomic E-state index is 12.4. The SMILES string of the molecule is COCCNC(=O)c1ccc(OC)cc1OC1CCN(S(C)(=O)=O)CC1. The van der Waals surface area contributed by atoms with Crippen LogP contribution < -0.4 is 14.8 Å². The van der Waals surface area contributed by atoms with E-state index in [-0.39, 0.29) is 12.0 Å². The maximum Gasteiger partial charge on any atom is 0.255 e. The Kier molecular flexibility index (Phi) is 7.24. The van der Waals surface area contributed by atoms with E-state index >= 15 is 0 Å². The molecule has 2 rings (SSSR count). The molecule has 1 aromatic carbocycles. The van der Waals surface area contributed by atoms with Crippen LogP contribution in [-0.4, -0.2) is 71.5 Å². The molecular weight excluding hydrogens is 360 g/mol. The van der Waals surface area contributed by atoms with Gasteiger partial charge in [0.1, 0.15) is 17.6 Å². The molecule has 1 heterocycles. The largest absolute Gasteiger partial charge is 0.497 e. The van der Waals surface area contributed by atoms with Crippen LogP contribution in [0, 0.1) is 0 Å². The Balaban J connectivity index is 2.08. The Hall–Kier alpha value is -1.84. The number of carbonyl (C=O) groups excluding carboxylic acids is 1. The van der Waals surface area contributed by atoms with Crippen molar-refractivity contribution in [2.45, 2.75) is 18.9 Å². The molecule has 9 heteroatoms. The van der Waals surface area contributed by atoms with Crippen LogP contribution in [0.5, 0.6) is 11.5 Å². The lowest BCUT2D eigenvalue weighted by molar-refractivity contribution is 0.0922. The number of ether oxygens (including phenoxy) is 3. The second-order valence-corrected chi connectivity index (χ2v) is 8.07. The minimum absolute atomic E-state index is 0.161. The lowest BCUT2D eigenvalue weighted by Gasteiger charge is -2.31.